The molecule has 8 heteroatoms. The van der Waals surface area contributed by atoms with Crippen molar-refractivity contribution in [2.45, 2.75) is 38.1 Å². The lowest BCUT2D eigenvalue weighted by molar-refractivity contribution is -0.115. The molecule has 0 spiro atoms. The van der Waals surface area contributed by atoms with E-state index >= 15 is 0 Å². The van der Waals surface area contributed by atoms with Gasteiger partial charge in [0.1, 0.15) is 0 Å². The number of anilines is 1. The lowest BCUT2D eigenvalue weighted by atomic mass is 10.1. The number of hydrogen-bond acceptors (Lipinski definition) is 6. The Kier molecular flexibility index (Phi) is 5.43. The van der Waals surface area contributed by atoms with Crippen molar-refractivity contribution in [3.8, 4) is 11.4 Å². The Bertz CT molecular complexity index is 927. The van der Waals surface area contributed by atoms with Crippen LogP contribution in [0.4, 0.5) is 5.13 Å². The van der Waals surface area contributed by atoms with Crippen molar-refractivity contribution >= 4 is 34.1 Å². The van der Waals surface area contributed by atoms with Crippen molar-refractivity contribution in [3.63, 3.8) is 0 Å². The zero-order valence-electron chi connectivity index (χ0n) is 15.4. The quantitative estimate of drug-likeness (QED) is 0.670. The molecule has 0 radical (unpaired) electrons. The second kappa shape index (κ2) is 7.59. The van der Waals surface area contributed by atoms with Gasteiger partial charge in [0, 0.05) is 17.5 Å². The lowest BCUT2D eigenvalue weighted by Crippen LogP contribution is -2.22. The molecule has 0 saturated heterocycles. The third-order valence-electron chi connectivity index (χ3n) is 4.02. The van der Waals surface area contributed by atoms with Crippen LogP contribution < -0.4 is 5.32 Å². The van der Waals surface area contributed by atoms with Crippen LogP contribution in [0.5, 0.6) is 0 Å². The Morgan fingerprint density at radius 1 is 1.27 bits per heavy atom. The zero-order valence-corrected chi connectivity index (χ0v) is 17.0. The Hall–Kier alpha value is -2.19. The van der Waals surface area contributed by atoms with Crippen LogP contribution >= 0.6 is 23.1 Å². The van der Waals surface area contributed by atoms with Crippen molar-refractivity contribution in [2.75, 3.05) is 5.32 Å². The van der Waals surface area contributed by atoms with Gasteiger partial charge in [-0.2, -0.15) is 0 Å². The largest absolute Gasteiger partial charge is 0.305 e. The Balaban J connectivity index is 1.71. The fourth-order valence-electron chi connectivity index (χ4n) is 2.40. The average Bonchev–Trinajstić information content (AvgIpc) is 3.10. The van der Waals surface area contributed by atoms with E-state index in [2.05, 4.69) is 26.6 Å². The summed E-state index contributed by atoms with van der Waals surface area (Å²) in [5.41, 5.74) is 3.13. The first-order chi connectivity index (χ1) is 12.3. The normalized spacial score (nSPS) is 12.2. The van der Waals surface area contributed by atoms with Gasteiger partial charge in [0.05, 0.1) is 10.9 Å². The molecule has 3 aromatic rings. The third-order valence-corrected chi connectivity index (χ3v) is 6.14. The molecule has 0 saturated carbocycles. The van der Waals surface area contributed by atoms with E-state index in [4.69, 9.17) is 0 Å². The third kappa shape index (κ3) is 3.96. The first-order valence-corrected chi connectivity index (χ1v) is 9.92. The maximum absolute atomic E-state index is 12.4. The van der Waals surface area contributed by atoms with E-state index in [1.807, 2.05) is 57.5 Å². The number of amides is 1. The van der Waals surface area contributed by atoms with E-state index < -0.39 is 0 Å². The smallest absolute Gasteiger partial charge is 0.239 e. The van der Waals surface area contributed by atoms with Gasteiger partial charge in [-0.3, -0.25) is 4.79 Å². The number of nitrogens with one attached hydrogen (secondary N) is 1. The van der Waals surface area contributed by atoms with E-state index in [0.717, 1.165) is 22.0 Å². The summed E-state index contributed by atoms with van der Waals surface area (Å²) >= 11 is 2.87. The highest BCUT2D eigenvalue weighted by atomic mass is 32.2. The van der Waals surface area contributed by atoms with Gasteiger partial charge in [0.15, 0.2) is 16.1 Å². The van der Waals surface area contributed by atoms with E-state index in [9.17, 15) is 4.79 Å². The van der Waals surface area contributed by atoms with Crippen LogP contribution in [-0.4, -0.2) is 30.9 Å². The van der Waals surface area contributed by atoms with Crippen LogP contribution in [0.3, 0.4) is 0 Å². The van der Waals surface area contributed by atoms with Gasteiger partial charge in [-0.1, -0.05) is 35.5 Å². The minimum Gasteiger partial charge on any atom is -0.305 e. The van der Waals surface area contributed by atoms with Crippen LogP contribution in [-0.2, 0) is 11.8 Å². The van der Waals surface area contributed by atoms with Gasteiger partial charge >= 0.3 is 0 Å². The lowest BCUT2D eigenvalue weighted by Gasteiger charge is -2.10. The summed E-state index contributed by atoms with van der Waals surface area (Å²) < 4.78 is 1.92. The molecule has 136 valence electrons. The van der Waals surface area contributed by atoms with Crippen molar-refractivity contribution in [2.24, 2.45) is 7.05 Å². The van der Waals surface area contributed by atoms with Gasteiger partial charge in [-0.05, 0) is 33.8 Å². The van der Waals surface area contributed by atoms with Crippen molar-refractivity contribution < 1.29 is 4.79 Å². The first kappa shape index (κ1) is 18.6. The molecule has 1 aromatic carbocycles. The van der Waals surface area contributed by atoms with E-state index in [1.54, 1.807) is 0 Å². The van der Waals surface area contributed by atoms with Crippen LogP contribution in [0, 0.1) is 20.8 Å². The summed E-state index contributed by atoms with van der Waals surface area (Å²) in [5, 5.41) is 12.4. The summed E-state index contributed by atoms with van der Waals surface area (Å²) in [6, 6.07) is 8.13. The number of hydrogen-bond donors (Lipinski definition) is 1. The van der Waals surface area contributed by atoms with Crippen molar-refractivity contribution in [1.29, 1.82) is 0 Å². The van der Waals surface area contributed by atoms with Crippen molar-refractivity contribution in [1.82, 2.24) is 19.7 Å². The van der Waals surface area contributed by atoms with Gasteiger partial charge in [0.25, 0.3) is 0 Å². The molecule has 1 N–H and O–H groups in total. The predicted octanol–water partition coefficient (Wildman–Crippen LogP) is 3.98. The number of thiazole rings is 1. The van der Waals surface area contributed by atoms with Crippen LogP contribution in [0.15, 0.2) is 29.4 Å². The molecule has 0 aliphatic heterocycles. The molecule has 0 aliphatic rings. The monoisotopic (exact) mass is 387 g/mol. The Morgan fingerprint density at radius 3 is 2.69 bits per heavy atom. The molecule has 0 aliphatic carbocycles. The molecule has 0 fully saturated rings. The summed E-state index contributed by atoms with van der Waals surface area (Å²) in [7, 11) is 1.91. The second-order valence-electron chi connectivity index (χ2n) is 6.14. The van der Waals surface area contributed by atoms with Gasteiger partial charge in [-0.25, -0.2) is 4.98 Å². The number of carbonyl (C=O) groups excluding carboxylic acids is 1. The highest BCUT2D eigenvalue weighted by molar-refractivity contribution is 8.00. The maximum Gasteiger partial charge on any atom is 0.239 e. The molecule has 1 amide bonds. The number of thioether (sulfide) groups is 1. The fraction of sp³-hybridized carbons (Fsp3) is 0.333. The highest BCUT2D eigenvalue weighted by Gasteiger charge is 2.20. The molecular formula is C18H21N5OS2. The fourth-order valence-corrected chi connectivity index (χ4v) is 4.03. The predicted molar refractivity (Wildman–Crippen MR) is 107 cm³/mol. The summed E-state index contributed by atoms with van der Waals surface area (Å²) in [6.07, 6.45) is 0. The summed E-state index contributed by atoms with van der Waals surface area (Å²) in [6.45, 7) is 7.83. The number of benzene rings is 1. The number of aryl methyl sites for hydroxylation is 3. The van der Waals surface area contributed by atoms with Gasteiger partial charge in [0.2, 0.25) is 5.91 Å². The number of carbonyl (C=O) groups is 1. The minimum atomic E-state index is -0.312. The van der Waals surface area contributed by atoms with E-state index in [0.29, 0.717) is 10.3 Å². The molecular weight excluding hydrogens is 366 g/mol. The molecule has 26 heavy (non-hydrogen) atoms. The Labute approximate surface area is 161 Å². The van der Waals surface area contributed by atoms with Gasteiger partial charge < -0.3 is 9.88 Å². The maximum atomic E-state index is 12.4. The standard InChI is InChI=1S/C18H21N5OS2/c1-10-7-6-8-14(9-10)15-21-22-18(23(15)5)26-13(4)16(24)20-17-19-11(2)12(3)25-17/h6-9,13H,1-5H3,(H,19,20,24)/t13-/m1/s1. The zero-order chi connectivity index (χ0) is 18.8. The van der Waals surface area contributed by atoms with Crippen LogP contribution in [0.2, 0.25) is 0 Å². The van der Waals surface area contributed by atoms with Gasteiger partial charge in [-0.15, -0.1) is 21.5 Å². The Morgan fingerprint density at radius 2 is 2.04 bits per heavy atom. The molecule has 0 unspecified atom stereocenters. The molecule has 2 heterocycles. The second-order valence-corrected chi connectivity index (χ2v) is 8.66. The molecule has 6 nitrogen and oxygen atoms in total. The molecule has 1 atom stereocenters. The molecule has 3 rings (SSSR count). The number of rotatable bonds is 5. The average molecular weight is 388 g/mol. The van der Waals surface area contributed by atoms with Crippen LogP contribution in [0.25, 0.3) is 11.4 Å². The van der Waals surface area contributed by atoms with Crippen LogP contribution in [0.1, 0.15) is 23.1 Å². The SMILES string of the molecule is Cc1cccc(-c2nnc(S[C@H](C)C(=O)Nc3nc(C)c(C)s3)n2C)c1. The number of nitrogens with zero attached hydrogens (tertiary/aromatic N) is 4. The highest BCUT2D eigenvalue weighted by Crippen LogP contribution is 2.27. The van der Waals surface area contributed by atoms with E-state index in [1.165, 1.54) is 28.7 Å². The number of aromatic nitrogens is 4. The first-order valence-electron chi connectivity index (χ1n) is 8.23. The molecule has 2 aromatic heterocycles. The summed E-state index contributed by atoms with van der Waals surface area (Å²) in [5.74, 6) is 0.693. The minimum absolute atomic E-state index is 0.0937. The van der Waals surface area contributed by atoms with E-state index in [-0.39, 0.29) is 11.2 Å². The van der Waals surface area contributed by atoms with Crippen molar-refractivity contribution in [3.05, 3.63) is 40.4 Å². The summed E-state index contributed by atoms with van der Waals surface area (Å²) in [4.78, 5) is 17.9. The molecule has 0 bridgehead atoms. The topological polar surface area (TPSA) is 72.7 Å².